The van der Waals surface area contributed by atoms with E-state index >= 15 is 0 Å². The van der Waals surface area contributed by atoms with Crippen molar-refractivity contribution in [3.05, 3.63) is 80.6 Å². The van der Waals surface area contributed by atoms with Crippen LogP contribution in [0, 0.1) is 24.0 Å². The Bertz CT molecular complexity index is 1010. The van der Waals surface area contributed by atoms with Crippen LogP contribution < -0.4 is 5.32 Å². The first-order valence-electron chi connectivity index (χ1n) is 7.78. The van der Waals surface area contributed by atoms with Gasteiger partial charge in [-0.25, -0.2) is 0 Å². The number of anilines is 1. The van der Waals surface area contributed by atoms with Crippen LogP contribution in [0.3, 0.4) is 0 Å². The largest absolute Gasteiger partial charge is 0.451 e. The van der Waals surface area contributed by atoms with Crippen molar-refractivity contribution >= 4 is 28.9 Å². The number of rotatable bonds is 4. The van der Waals surface area contributed by atoms with E-state index in [4.69, 9.17) is 16.0 Å². The van der Waals surface area contributed by atoms with Gasteiger partial charge in [0.15, 0.2) is 5.76 Å². The summed E-state index contributed by atoms with van der Waals surface area (Å²) in [7, 11) is 0. The molecule has 1 heterocycles. The number of non-ortho nitro benzene ring substituents is 1. The Balaban J connectivity index is 1.83. The molecule has 3 rings (SSSR count). The molecule has 26 heavy (non-hydrogen) atoms. The van der Waals surface area contributed by atoms with Gasteiger partial charge in [0.25, 0.3) is 11.6 Å². The van der Waals surface area contributed by atoms with E-state index in [1.54, 1.807) is 6.07 Å². The van der Waals surface area contributed by atoms with Gasteiger partial charge in [0.05, 0.1) is 9.95 Å². The summed E-state index contributed by atoms with van der Waals surface area (Å²) in [6.07, 6.45) is 0. The summed E-state index contributed by atoms with van der Waals surface area (Å²) in [5.41, 5.74) is 3.12. The van der Waals surface area contributed by atoms with E-state index in [0.717, 1.165) is 11.1 Å². The molecule has 0 fully saturated rings. The van der Waals surface area contributed by atoms with Gasteiger partial charge in [-0.15, -0.1) is 0 Å². The zero-order chi connectivity index (χ0) is 18.8. The van der Waals surface area contributed by atoms with Crippen molar-refractivity contribution in [1.29, 1.82) is 0 Å². The van der Waals surface area contributed by atoms with Gasteiger partial charge in [-0.05, 0) is 43.7 Å². The Morgan fingerprint density at radius 2 is 1.88 bits per heavy atom. The van der Waals surface area contributed by atoms with Gasteiger partial charge in [0.2, 0.25) is 0 Å². The van der Waals surface area contributed by atoms with Crippen LogP contribution in [0.1, 0.15) is 21.7 Å². The second-order valence-electron chi connectivity index (χ2n) is 5.86. The number of hydrogen-bond donors (Lipinski definition) is 1. The maximum atomic E-state index is 12.4. The van der Waals surface area contributed by atoms with E-state index in [1.165, 1.54) is 24.3 Å². The minimum atomic E-state index is -0.527. The minimum Gasteiger partial charge on any atom is -0.451 e. The standard InChI is InChI=1S/C19H15ClN2O4/c1-11-3-6-16(12(2)9-11)21-19(23)18-8-7-17(26-18)14-5-4-13(22(24)25)10-15(14)20/h3-10H,1-2H3,(H,21,23). The summed E-state index contributed by atoms with van der Waals surface area (Å²) >= 11 is 6.10. The smallest absolute Gasteiger partial charge is 0.291 e. The molecule has 0 aliphatic rings. The molecule has 7 heteroatoms. The Morgan fingerprint density at radius 1 is 1.12 bits per heavy atom. The SMILES string of the molecule is Cc1ccc(NC(=O)c2ccc(-c3ccc([N+](=O)[O-])cc3Cl)o2)c(C)c1. The lowest BCUT2D eigenvalue weighted by Gasteiger charge is -2.07. The highest BCUT2D eigenvalue weighted by molar-refractivity contribution is 6.33. The first-order chi connectivity index (χ1) is 12.3. The number of furan rings is 1. The Kier molecular flexibility index (Phi) is 4.77. The molecule has 0 radical (unpaired) electrons. The Morgan fingerprint density at radius 3 is 2.54 bits per heavy atom. The second kappa shape index (κ2) is 7.01. The molecule has 2 aromatic carbocycles. The van der Waals surface area contributed by atoms with Gasteiger partial charge < -0.3 is 9.73 Å². The Labute approximate surface area is 154 Å². The lowest BCUT2D eigenvalue weighted by atomic mass is 10.1. The van der Waals surface area contributed by atoms with E-state index in [0.29, 0.717) is 17.0 Å². The van der Waals surface area contributed by atoms with Gasteiger partial charge >= 0.3 is 0 Å². The summed E-state index contributed by atoms with van der Waals surface area (Å²) in [6, 6.07) is 12.9. The van der Waals surface area contributed by atoms with Crippen molar-refractivity contribution in [1.82, 2.24) is 0 Å². The molecular weight excluding hydrogens is 356 g/mol. The number of carbonyl (C=O) groups excluding carboxylic acids is 1. The molecule has 0 bridgehead atoms. The monoisotopic (exact) mass is 370 g/mol. The normalized spacial score (nSPS) is 10.6. The van der Waals surface area contributed by atoms with Gasteiger partial charge in [0, 0.05) is 23.4 Å². The zero-order valence-corrected chi connectivity index (χ0v) is 14.8. The lowest BCUT2D eigenvalue weighted by molar-refractivity contribution is -0.384. The molecule has 0 spiro atoms. The molecule has 132 valence electrons. The van der Waals surface area contributed by atoms with Crippen LogP contribution in [-0.2, 0) is 0 Å². The van der Waals surface area contributed by atoms with E-state index in [2.05, 4.69) is 5.32 Å². The highest BCUT2D eigenvalue weighted by Crippen LogP contribution is 2.32. The molecule has 0 atom stereocenters. The number of carbonyl (C=O) groups is 1. The molecule has 0 unspecified atom stereocenters. The topological polar surface area (TPSA) is 85.4 Å². The summed E-state index contributed by atoms with van der Waals surface area (Å²) in [5, 5.41) is 13.8. The molecular formula is C19H15ClN2O4. The van der Waals surface area contributed by atoms with E-state index in [1.807, 2.05) is 32.0 Å². The molecule has 0 aliphatic carbocycles. The molecule has 3 aromatic rings. The van der Waals surface area contributed by atoms with Gasteiger partial charge in [-0.1, -0.05) is 29.3 Å². The van der Waals surface area contributed by atoms with Crippen molar-refractivity contribution in [3.8, 4) is 11.3 Å². The van der Waals surface area contributed by atoms with Crippen LogP contribution in [0.15, 0.2) is 52.9 Å². The van der Waals surface area contributed by atoms with Crippen molar-refractivity contribution < 1.29 is 14.1 Å². The fourth-order valence-corrected chi connectivity index (χ4v) is 2.83. The average molecular weight is 371 g/mol. The molecule has 6 nitrogen and oxygen atoms in total. The highest BCUT2D eigenvalue weighted by Gasteiger charge is 2.17. The van der Waals surface area contributed by atoms with Crippen LogP contribution in [0.25, 0.3) is 11.3 Å². The number of nitro benzene ring substituents is 1. The Hall–Kier alpha value is -3.12. The van der Waals surface area contributed by atoms with Crippen LogP contribution >= 0.6 is 11.6 Å². The third-order valence-electron chi connectivity index (χ3n) is 3.89. The summed E-state index contributed by atoms with van der Waals surface area (Å²) < 4.78 is 5.58. The van der Waals surface area contributed by atoms with Crippen LogP contribution in [0.2, 0.25) is 5.02 Å². The number of nitro groups is 1. The number of amides is 1. The summed E-state index contributed by atoms with van der Waals surface area (Å²) in [6.45, 7) is 3.89. The van der Waals surface area contributed by atoms with Gasteiger partial charge in [0.1, 0.15) is 5.76 Å². The molecule has 0 saturated carbocycles. The molecule has 1 amide bonds. The number of halogens is 1. The highest BCUT2D eigenvalue weighted by atomic mass is 35.5. The van der Waals surface area contributed by atoms with Gasteiger partial charge in [-0.3, -0.25) is 14.9 Å². The quantitative estimate of drug-likeness (QED) is 0.493. The minimum absolute atomic E-state index is 0.113. The molecule has 0 aliphatic heterocycles. The first-order valence-corrected chi connectivity index (χ1v) is 8.15. The number of nitrogens with zero attached hydrogens (tertiary/aromatic N) is 1. The van der Waals surface area contributed by atoms with Crippen LogP contribution in [0.4, 0.5) is 11.4 Å². The summed E-state index contributed by atoms with van der Waals surface area (Å²) in [5.74, 6) is 0.0892. The van der Waals surface area contributed by atoms with E-state index in [-0.39, 0.29) is 22.4 Å². The summed E-state index contributed by atoms with van der Waals surface area (Å²) in [4.78, 5) is 22.7. The third kappa shape index (κ3) is 3.60. The van der Waals surface area contributed by atoms with E-state index < -0.39 is 4.92 Å². The van der Waals surface area contributed by atoms with E-state index in [9.17, 15) is 14.9 Å². The van der Waals surface area contributed by atoms with Crippen molar-refractivity contribution in [2.75, 3.05) is 5.32 Å². The molecule has 1 N–H and O–H groups in total. The maximum Gasteiger partial charge on any atom is 0.291 e. The lowest BCUT2D eigenvalue weighted by Crippen LogP contribution is -2.11. The fourth-order valence-electron chi connectivity index (χ4n) is 2.56. The second-order valence-corrected chi connectivity index (χ2v) is 6.26. The maximum absolute atomic E-state index is 12.4. The van der Waals surface area contributed by atoms with Crippen molar-refractivity contribution in [2.24, 2.45) is 0 Å². The number of benzene rings is 2. The van der Waals surface area contributed by atoms with Gasteiger partial charge in [-0.2, -0.15) is 0 Å². The molecule has 1 aromatic heterocycles. The van der Waals surface area contributed by atoms with Crippen LogP contribution in [0.5, 0.6) is 0 Å². The molecule has 0 saturated heterocycles. The number of nitrogens with one attached hydrogen (secondary N) is 1. The fraction of sp³-hybridized carbons (Fsp3) is 0.105. The van der Waals surface area contributed by atoms with Crippen molar-refractivity contribution in [3.63, 3.8) is 0 Å². The third-order valence-corrected chi connectivity index (χ3v) is 4.20. The predicted molar refractivity (Wildman–Crippen MR) is 99.7 cm³/mol. The average Bonchev–Trinajstić information content (AvgIpc) is 3.07. The van der Waals surface area contributed by atoms with Crippen molar-refractivity contribution in [2.45, 2.75) is 13.8 Å². The predicted octanol–water partition coefficient (Wildman–Crippen LogP) is 5.38. The van der Waals surface area contributed by atoms with Crippen LogP contribution in [-0.4, -0.2) is 10.8 Å². The number of aryl methyl sites for hydroxylation is 2. The zero-order valence-electron chi connectivity index (χ0n) is 14.1. The number of hydrogen-bond acceptors (Lipinski definition) is 4. The first kappa shape index (κ1) is 17.7.